The van der Waals surface area contributed by atoms with Gasteiger partial charge in [-0.3, -0.25) is 4.79 Å². The summed E-state index contributed by atoms with van der Waals surface area (Å²) in [6, 6.07) is 4.00. The van der Waals surface area contributed by atoms with Crippen molar-refractivity contribution in [3.63, 3.8) is 0 Å². The number of hydrogen-bond acceptors (Lipinski definition) is 3. The maximum Gasteiger partial charge on any atom is 0.494 e. The molecule has 0 spiro atoms. The number of rotatable bonds is 6. The van der Waals surface area contributed by atoms with Crippen molar-refractivity contribution in [2.45, 2.75) is 39.9 Å². The predicted molar refractivity (Wildman–Crippen MR) is 69.6 cm³/mol. The second-order valence-corrected chi connectivity index (χ2v) is 4.59. The van der Waals surface area contributed by atoms with Crippen LogP contribution in [0.3, 0.4) is 0 Å². The van der Waals surface area contributed by atoms with Gasteiger partial charge in [-0.2, -0.15) is 0 Å². The van der Waals surface area contributed by atoms with E-state index in [9.17, 15) is 9.18 Å². The van der Waals surface area contributed by atoms with Crippen molar-refractivity contribution in [3.8, 4) is 0 Å². The molecule has 0 aliphatic carbocycles. The molecule has 0 aromatic heterocycles. The van der Waals surface area contributed by atoms with Gasteiger partial charge < -0.3 is 9.31 Å². The molecule has 0 aliphatic heterocycles. The van der Waals surface area contributed by atoms with Gasteiger partial charge in [0.25, 0.3) is 0 Å². The predicted octanol–water partition coefficient (Wildman–Crippen LogP) is 2.18. The number of benzene rings is 1. The molecule has 5 heteroatoms. The molecule has 0 heterocycles. The lowest BCUT2D eigenvalue weighted by atomic mass is 9.75. The number of halogens is 1. The van der Waals surface area contributed by atoms with E-state index in [1.807, 2.05) is 27.7 Å². The Hall–Kier alpha value is -1.20. The van der Waals surface area contributed by atoms with E-state index in [4.69, 9.17) is 9.31 Å². The number of carbonyl (C=O) groups excluding carboxylic acids is 1. The number of hydrogen-bond donors (Lipinski definition) is 0. The van der Waals surface area contributed by atoms with Gasteiger partial charge in [-0.1, -0.05) is 6.07 Å². The topological polar surface area (TPSA) is 35.5 Å². The van der Waals surface area contributed by atoms with Crippen LogP contribution in [0.15, 0.2) is 18.2 Å². The molecule has 1 aromatic carbocycles. The lowest BCUT2D eigenvalue weighted by Gasteiger charge is -2.20. The summed E-state index contributed by atoms with van der Waals surface area (Å²) < 4.78 is 24.3. The minimum absolute atomic E-state index is 0.0571. The first-order valence-electron chi connectivity index (χ1n) is 5.99. The third-order valence-corrected chi connectivity index (χ3v) is 2.22. The fourth-order valence-electron chi connectivity index (χ4n) is 1.54. The van der Waals surface area contributed by atoms with Gasteiger partial charge in [-0.15, -0.1) is 0 Å². The Morgan fingerprint density at radius 2 is 1.72 bits per heavy atom. The van der Waals surface area contributed by atoms with Crippen molar-refractivity contribution in [2.75, 3.05) is 0 Å². The molecule has 0 N–H and O–H groups in total. The number of aldehydes is 1. The third-order valence-electron chi connectivity index (χ3n) is 2.22. The monoisotopic (exact) mass is 252 g/mol. The van der Waals surface area contributed by atoms with Crippen molar-refractivity contribution >= 4 is 18.9 Å². The van der Waals surface area contributed by atoms with Gasteiger partial charge in [0, 0.05) is 17.8 Å². The molecule has 0 bridgehead atoms. The van der Waals surface area contributed by atoms with E-state index in [2.05, 4.69) is 0 Å². The van der Waals surface area contributed by atoms with E-state index < -0.39 is 12.9 Å². The molecule has 0 aliphatic rings. The highest BCUT2D eigenvalue weighted by atomic mass is 19.1. The van der Waals surface area contributed by atoms with E-state index in [0.29, 0.717) is 11.7 Å². The van der Waals surface area contributed by atoms with E-state index in [-0.39, 0.29) is 17.8 Å². The first-order valence-corrected chi connectivity index (χ1v) is 5.99. The van der Waals surface area contributed by atoms with Crippen LogP contribution in [0.1, 0.15) is 38.1 Å². The lowest BCUT2D eigenvalue weighted by molar-refractivity contribution is 0.112. The second kappa shape index (κ2) is 6.66. The van der Waals surface area contributed by atoms with Crippen LogP contribution in [0.4, 0.5) is 4.39 Å². The Bertz CT molecular complexity index is 397. The summed E-state index contributed by atoms with van der Waals surface area (Å²) in [7, 11) is -0.661. The maximum absolute atomic E-state index is 13.1. The van der Waals surface area contributed by atoms with Crippen molar-refractivity contribution in [1.82, 2.24) is 0 Å². The van der Waals surface area contributed by atoms with E-state index >= 15 is 0 Å². The Labute approximate surface area is 107 Å². The van der Waals surface area contributed by atoms with Gasteiger partial charge in [-0.05, 0) is 45.3 Å². The zero-order chi connectivity index (χ0) is 13.7. The summed E-state index contributed by atoms with van der Waals surface area (Å²) in [6.07, 6.45) is 0.496. The van der Waals surface area contributed by atoms with Crippen LogP contribution in [0.2, 0.25) is 0 Å². The minimum atomic E-state index is -0.661. The van der Waals surface area contributed by atoms with Gasteiger partial charge in [-0.25, -0.2) is 4.39 Å². The first-order chi connectivity index (χ1) is 8.43. The largest absolute Gasteiger partial charge is 0.494 e. The molecule has 18 heavy (non-hydrogen) atoms. The molecule has 1 aromatic rings. The second-order valence-electron chi connectivity index (χ2n) is 4.59. The molecule has 0 unspecified atom stereocenters. The molecule has 0 saturated heterocycles. The quantitative estimate of drug-likeness (QED) is 0.575. The first kappa shape index (κ1) is 14.9. The lowest BCUT2D eigenvalue weighted by Crippen LogP contribution is -2.42. The summed E-state index contributed by atoms with van der Waals surface area (Å²) >= 11 is 0. The van der Waals surface area contributed by atoms with Crippen LogP contribution in [-0.2, 0) is 9.31 Å². The third kappa shape index (κ3) is 4.24. The summed E-state index contributed by atoms with van der Waals surface area (Å²) in [5, 5.41) is 0. The fourth-order valence-corrected chi connectivity index (χ4v) is 1.54. The molecule has 0 radical (unpaired) electrons. The summed E-state index contributed by atoms with van der Waals surface area (Å²) in [5.74, 6) is -0.450. The Kier molecular flexibility index (Phi) is 5.50. The van der Waals surface area contributed by atoms with Gasteiger partial charge in [0.1, 0.15) is 12.1 Å². The van der Waals surface area contributed by atoms with E-state index in [1.54, 1.807) is 0 Å². The standard InChI is InChI=1S/C13H18BFO3/c1-9(2)17-14(18-10(3)4)13-6-5-12(15)7-11(13)8-16/h5-10H,1-4H3. The Balaban J connectivity index is 3.06. The SMILES string of the molecule is CC(C)OB(OC(C)C)c1ccc(F)cc1C=O. The smallest absolute Gasteiger partial charge is 0.405 e. The zero-order valence-corrected chi connectivity index (χ0v) is 11.1. The van der Waals surface area contributed by atoms with Gasteiger partial charge in [0.2, 0.25) is 0 Å². The molecule has 0 atom stereocenters. The molecular formula is C13H18BFO3. The normalized spacial score (nSPS) is 11.1. The minimum Gasteiger partial charge on any atom is -0.405 e. The summed E-state index contributed by atoms with van der Waals surface area (Å²) in [5.41, 5.74) is 0.801. The average Bonchev–Trinajstić information content (AvgIpc) is 2.26. The maximum atomic E-state index is 13.1. The van der Waals surface area contributed by atoms with Crippen LogP contribution < -0.4 is 5.46 Å². The average molecular weight is 252 g/mol. The summed E-state index contributed by atoms with van der Waals surface area (Å²) in [4.78, 5) is 11.0. The van der Waals surface area contributed by atoms with Crippen molar-refractivity contribution in [2.24, 2.45) is 0 Å². The molecule has 0 amide bonds. The van der Waals surface area contributed by atoms with Crippen LogP contribution in [0.5, 0.6) is 0 Å². The van der Waals surface area contributed by atoms with Crippen molar-refractivity contribution in [3.05, 3.63) is 29.6 Å². The van der Waals surface area contributed by atoms with Crippen molar-refractivity contribution < 1.29 is 18.5 Å². The molecule has 3 nitrogen and oxygen atoms in total. The van der Waals surface area contributed by atoms with E-state index in [0.717, 1.165) is 0 Å². The van der Waals surface area contributed by atoms with Crippen LogP contribution in [-0.4, -0.2) is 25.6 Å². The number of carbonyl (C=O) groups is 1. The van der Waals surface area contributed by atoms with Gasteiger partial charge in [0.05, 0.1) is 0 Å². The Morgan fingerprint density at radius 1 is 1.17 bits per heavy atom. The summed E-state index contributed by atoms with van der Waals surface area (Å²) in [6.45, 7) is 7.50. The fraction of sp³-hybridized carbons (Fsp3) is 0.462. The molecular weight excluding hydrogens is 234 g/mol. The zero-order valence-electron chi connectivity index (χ0n) is 11.1. The van der Waals surface area contributed by atoms with Crippen LogP contribution >= 0.6 is 0 Å². The molecule has 98 valence electrons. The molecule has 0 fully saturated rings. The van der Waals surface area contributed by atoms with Crippen LogP contribution in [0, 0.1) is 5.82 Å². The molecule has 1 rings (SSSR count). The highest BCUT2D eigenvalue weighted by Gasteiger charge is 2.27. The highest BCUT2D eigenvalue weighted by Crippen LogP contribution is 2.06. The van der Waals surface area contributed by atoms with Crippen LogP contribution in [0.25, 0.3) is 0 Å². The van der Waals surface area contributed by atoms with Crippen molar-refractivity contribution in [1.29, 1.82) is 0 Å². The van der Waals surface area contributed by atoms with Gasteiger partial charge >= 0.3 is 7.12 Å². The van der Waals surface area contributed by atoms with E-state index in [1.165, 1.54) is 18.2 Å². The molecule has 0 saturated carbocycles. The Morgan fingerprint density at radius 3 is 2.17 bits per heavy atom. The highest BCUT2D eigenvalue weighted by molar-refractivity contribution is 6.62. The van der Waals surface area contributed by atoms with Gasteiger partial charge in [0.15, 0.2) is 0 Å².